The van der Waals surface area contributed by atoms with E-state index in [0.717, 1.165) is 17.5 Å². The molecule has 4 rings (SSSR count). The summed E-state index contributed by atoms with van der Waals surface area (Å²) in [4.78, 5) is 6.65. The third-order valence-corrected chi connectivity index (χ3v) is 4.76. The minimum atomic E-state index is -0.299. The summed E-state index contributed by atoms with van der Waals surface area (Å²) in [5.41, 5.74) is 1.73. The Morgan fingerprint density at radius 1 is 1.17 bits per heavy atom. The molecule has 0 aliphatic carbocycles. The van der Waals surface area contributed by atoms with Crippen molar-refractivity contribution in [3.8, 4) is 17.2 Å². The van der Waals surface area contributed by atoms with E-state index in [1.165, 1.54) is 12.1 Å². The molecular formula is C22H24FN3O3. The Hall–Kier alpha value is -2.93. The Labute approximate surface area is 169 Å². The number of ether oxygens (including phenoxy) is 2. The number of rotatable bonds is 5. The van der Waals surface area contributed by atoms with Crippen LogP contribution in [0.15, 0.2) is 40.9 Å². The molecule has 0 amide bonds. The zero-order valence-electron chi connectivity index (χ0n) is 16.8. The summed E-state index contributed by atoms with van der Waals surface area (Å²) in [5, 5.41) is 4.12. The van der Waals surface area contributed by atoms with Gasteiger partial charge in [-0.25, -0.2) is 4.39 Å². The average molecular weight is 397 g/mol. The van der Waals surface area contributed by atoms with Crippen molar-refractivity contribution in [1.82, 2.24) is 15.0 Å². The van der Waals surface area contributed by atoms with E-state index >= 15 is 0 Å². The highest BCUT2D eigenvalue weighted by Crippen LogP contribution is 2.39. The van der Waals surface area contributed by atoms with Crippen molar-refractivity contribution in [1.29, 1.82) is 0 Å². The number of para-hydroxylation sites is 1. The largest absolute Gasteiger partial charge is 0.493 e. The van der Waals surface area contributed by atoms with Gasteiger partial charge in [-0.3, -0.25) is 4.90 Å². The van der Waals surface area contributed by atoms with Crippen LogP contribution in [-0.4, -0.2) is 22.2 Å². The van der Waals surface area contributed by atoms with Gasteiger partial charge in [0.1, 0.15) is 11.6 Å². The highest BCUT2D eigenvalue weighted by molar-refractivity contribution is 5.51. The first-order valence-electron chi connectivity index (χ1n) is 9.68. The molecule has 0 saturated carbocycles. The monoisotopic (exact) mass is 397 g/mol. The first-order valence-corrected chi connectivity index (χ1v) is 9.68. The maximum atomic E-state index is 13.9. The first-order chi connectivity index (χ1) is 14.0. The van der Waals surface area contributed by atoms with Gasteiger partial charge in [0.2, 0.25) is 5.89 Å². The maximum absolute atomic E-state index is 13.9. The number of halogens is 1. The second-order valence-corrected chi connectivity index (χ2v) is 7.65. The van der Waals surface area contributed by atoms with Gasteiger partial charge < -0.3 is 14.0 Å². The number of methoxy groups -OCH3 is 1. The predicted octanol–water partition coefficient (Wildman–Crippen LogP) is 4.72. The number of fused-ring (bicyclic) bond motifs is 2. The smallest absolute Gasteiger partial charge is 0.226 e. The molecule has 0 spiro atoms. The van der Waals surface area contributed by atoms with E-state index in [1.54, 1.807) is 13.2 Å². The molecule has 0 bridgehead atoms. The SMILES string of the molecule is COc1cccc2c1Oc1ccc(F)cc1CN(Cc1noc(CC(C)C)n1)C2. The number of hydrogen-bond donors (Lipinski definition) is 0. The summed E-state index contributed by atoms with van der Waals surface area (Å²) in [6.45, 7) is 5.78. The Bertz CT molecular complexity index is 1000. The van der Waals surface area contributed by atoms with Gasteiger partial charge in [0.25, 0.3) is 0 Å². The lowest BCUT2D eigenvalue weighted by molar-refractivity contribution is 0.224. The Morgan fingerprint density at radius 2 is 2.00 bits per heavy atom. The fraction of sp³-hybridized carbons (Fsp3) is 0.364. The molecule has 0 unspecified atom stereocenters. The van der Waals surface area contributed by atoms with Crippen molar-refractivity contribution in [2.24, 2.45) is 5.92 Å². The number of hydrogen-bond acceptors (Lipinski definition) is 6. The van der Waals surface area contributed by atoms with Crippen molar-refractivity contribution in [2.45, 2.75) is 39.9 Å². The van der Waals surface area contributed by atoms with Crippen LogP contribution in [0.4, 0.5) is 4.39 Å². The van der Waals surface area contributed by atoms with E-state index in [9.17, 15) is 4.39 Å². The van der Waals surface area contributed by atoms with Crippen molar-refractivity contribution in [2.75, 3.05) is 7.11 Å². The molecule has 0 radical (unpaired) electrons. The lowest BCUT2D eigenvalue weighted by Crippen LogP contribution is -2.25. The zero-order chi connectivity index (χ0) is 20.4. The van der Waals surface area contributed by atoms with Crippen molar-refractivity contribution < 1.29 is 18.4 Å². The maximum Gasteiger partial charge on any atom is 0.226 e. The minimum absolute atomic E-state index is 0.299. The molecule has 3 aromatic rings. The van der Waals surface area contributed by atoms with Crippen LogP contribution in [0.3, 0.4) is 0 Å². The first kappa shape index (κ1) is 19.4. The van der Waals surface area contributed by atoms with Gasteiger partial charge in [0, 0.05) is 30.6 Å². The molecule has 152 valence electrons. The van der Waals surface area contributed by atoms with Crippen LogP contribution < -0.4 is 9.47 Å². The number of aromatic nitrogens is 2. The number of nitrogens with zero attached hydrogens (tertiary/aromatic N) is 3. The summed E-state index contributed by atoms with van der Waals surface area (Å²) >= 11 is 0. The second-order valence-electron chi connectivity index (χ2n) is 7.65. The van der Waals surface area contributed by atoms with Gasteiger partial charge in [0.15, 0.2) is 17.3 Å². The summed E-state index contributed by atoms with van der Waals surface area (Å²) < 4.78 is 30.9. The second kappa shape index (κ2) is 8.21. The fourth-order valence-electron chi connectivity index (χ4n) is 3.48. The van der Waals surface area contributed by atoms with E-state index in [2.05, 4.69) is 28.9 Å². The third kappa shape index (κ3) is 4.40. The van der Waals surface area contributed by atoms with E-state index in [-0.39, 0.29) is 5.82 Å². The Balaban J connectivity index is 1.68. The van der Waals surface area contributed by atoms with E-state index in [1.807, 2.05) is 18.2 Å². The van der Waals surface area contributed by atoms with E-state index < -0.39 is 0 Å². The van der Waals surface area contributed by atoms with Gasteiger partial charge in [-0.15, -0.1) is 0 Å². The molecule has 0 saturated heterocycles. The quantitative estimate of drug-likeness (QED) is 0.621. The Morgan fingerprint density at radius 3 is 2.79 bits per heavy atom. The van der Waals surface area contributed by atoms with Gasteiger partial charge in [-0.05, 0) is 30.2 Å². The molecule has 1 aromatic heterocycles. The van der Waals surface area contributed by atoms with Gasteiger partial charge >= 0.3 is 0 Å². The Kier molecular flexibility index (Phi) is 5.49. The predicted molar refractivity (Wildman–Crippen MR) is 105 cm³/mol. The van der Waals surface area contributed by atoms with Crippen LogP contribution >= 0.6 is 0 Å². The summed E-state index contributed by atoms with van der Waals surface area (Å²) in [6, 6.07) is 10.3. The van der Waals surface area contributed by atoms with Gasteiger partial charge in [0.05, 0.1) is 13.7 Å². The highest BCUT2D eigenvalue weighted by atomic mass is 19.1. The average Bonchev–Trinajstić information content (AvgIpc) is 3.09. The van der Waals surface area contributed by atoms with Crippen LogP contribution in [0.5, 0.6) is 17.2 Å². The molecule has 1 aliphatic heterocycles. The summed E-state index contributed by atoms with van der Waals surface area (Å²) in [6.07, 6.45) is 0.745. The summed E-state index contributed by atoms with van der Waals surface area (Å²) in [5.74, 6) is 3.28. The molecule has 29 heavy (non-hydrogen) atoms. The van der Waals surface area contributed by atoms with Gasteiger partial charge in [-0.2, -0.15) is 4.98 Å². The van der Waals surface area contributed by atoms with E-state index in [4.69, 9.17) is 14.0 Å². The minimum Gasteiger partial charge on any atom is -0.493 e. The molecule has 0 atom stereocenters. The van der Waals surface area contributed by atoms with Crippen LogP contribution in [0.1, 0.15) is 36.7 Å². The van der Waals surface area contributed by atoms with Crippen molar-refractivity contribution in [3.05, 3.63) is 65.1 Å². The van der Waals surface area contributed by atoms with Crippen molar-refractivity contribution >= 4 is 0 Å². The molecule has 1 aliphatic rings. The van der Waals surface area contributed by atoms with Crippen LogP contribution in [0.25, 0.3) is 0 Å². The van der Waals surface area contributed by atoms with Crippen LogP contribution in [0.2, 0.25) is 0 Å². The molecule has 0 fully saturated rings. The normalized spacial score (nSPS) is 14.0. The standard InChI is InChI=1S/C22H24FN3O3/c1-14(2)9-21-24-20(25-29-21)13-26-11-15-5-4-6-19(27-3)22(15)28-18-8-7-17(23)10-16(18)12-26/h4-8,10,14H,9,11-13H2,1-3H3. The molecule has 2 aromatic carbocycles. The molecule has 6 nitrogen and oxygen atoms in total. The lowest BCUT2D eigenvalue weighted by atomic mass is 10.1. The molecule has 7 heteroatoms. The fourth-order valence-corrected chi connectivity index (χ4v) is 3.48. The topological polar surface area (TPSA) is 60.6 Å². The third-order valence-electron chi connectivity index (χ3n) is 4.76. The van der Waals surface area contributed by atoms with Crippen LogP contribution in [-0.2, 0) is 26.1 Å². The van der Waals surface area contributed by atoms with Gasteiger partial charge in [-0.1, -0.05) is 31.1 Å². The van der Waals surface area contributed by atoms with Crippen molar-refractivity contribution in [3.63, 3.8) is 0 Å². The zero-order valence-corrected chi connectivity index (χ0v) is 16.8. The molecular weight excluding hydrogens is 373 g/mol. The summed E-state index contributed by atoms with van der Waals surface area (Å²) in [7, 11) is 1.61. The molecule has 2 heterocycles. The highest BCUT2D eigenvalue weighted by Gasteiger charge is 2.23. The lowest BCUT2D eigenvalue weighted by Gasteiger charge is -2.27. The van der Waals surface area contributed by atoms with Crippen LogP contribution in [0, 0.1) is 11.7 Å². The molecule has 0 N–H and O–H groups in total. The van der Waals surface area contributed by atoms with E-state index in [0.29, 0.717) is 54.5 Å². The number of benzene rings is 2.